The van der Waals surface area contributed by atoms with Crippen LogP contribution in [0.4, 0.5) is 0 Å². The standard InChI is InChI=1S/C11H22OS/c1-13-9-5-4-8-11(12)10-6-2-3-7-10/h10-12H,2-9H2,1H3. The normalized spacial score (nSPS) is 20.8. The fourth-order valence-electron chi connectivity index (χ4n) is 2.18. The molecule has 0 bridgehead atoms. The zero-order chi connectivity index (χ0) is 9.52. The van der Waals surface area contributed by atoms with E-state index in [1.165, 1.54) is 44.3 Å². The first-order valence-electron chi connectivity index (χ1n) is 5.51. The van der Waals surface area contributed by atoms with E-state index in [4.69, 9.17) is 0 Å². The van der Waals surface area contributed by atoms with Gasteiger partial charge in [0, 0.05) is 0 Å². The molecule has 2 heteroatoms. The van der Waals surface area contributed by atoms with Crippen LogP contribution in [0.3, 0.4) is 0 Å². The number of thioether (sulfide) groups is 1. The Hall–Kier alpha value is 0.310. The summed E-state index contributed by atoms with van der Waals surface area (Å²) >= 11 is 1.90. The van der Waals surface area contributed by atoms with Gasteiger partial charge in [0.1, 0.15) is 0 Å². The molecule has 1 rings (SSSR count). The van der Waals surface area contributed by atoms with Crippen LogP contribution in [-0.2, 0) is 0 Å². The van der Waals surface area contributed by atoms with E-state index >= 15 is 0 Å². The van der Waals surface area contributed by atoms with Crippen molar-refractivity contribution in [3.8, 4) is 0 Å². The van der Waals surface area contributed by atoms with E-state index in [9.17, 15) is 5.11 Å². The Morgan fingerprint density at radius 3 is 2.62 bits per heavy atom. The van der Waals surface area contributed by atoms with E-state index in [2.05, 4.69) is 6.26 Å². The molecule has 0 spiro atoms. The molecule has 0 amide bonds. The average Bonchev–Trinajstić information content (AvgIpc) is 2.65. The lowest BCUT2D eigenvalue weighted by Gasteiger charge is -2.16. The topological polar surface area (TPSA) is 20.2 Å². The quantitative estimate of drug-likeness (QED) is 0.668. The van der Waals surface area contributed by atoms with Crippen LogP contribution in [0.15, 0.2) is 0 Å². The predicted molar refractivity (Wildman–Crippen MR) is 60.2 cm³/mol. The summed E-state index contributed by atoms with van der Waals surface area (Å²) in [4.78, 5) is 0. The largest absolute Gasteiger partial charge is 0.393 e. The molecular formula is C11H22OS. The van der Waals surface area contributed by atoms with Crippen molar-refractivity contribution in [3.63, 3.8) is 0 Å². The second kappa shape index (κ2) is 6.72. The predicted octanol–water partition coefficient (Wildman–Crippen LogP) is 3.07. The van der Waals surface area contributed by atoms with Crippen LogP contribution in [0.5, 0.6) is 0 Å². The van der Waals surface area contributed by atoms with Gasteiger partial charge in [0.05, 0.1) is 6.10 Å². The minimum atomic E-state index is 0.00403. The van der Waals surface area contributed by atoms with Crippen molar-refractivity contribution in [3.05, 3.63) is 0 Å². The fourth-order valence-corrected chi connectivity index (χ4v) is 2.67. The molecule has 1 fully saturated rings. The average molecular weight is 202 g/mol. The zero-order valence-corrected chi connectivity index (χ0v) is 9.48. The Kier molecular flexibility index (Phi) is 5.88. The van der Waals surface area contributed by atoms with E-state index in [1.54, 1.807) is 0 Å². The summed E-state index contributed by atoms with van der Waals surface area (Å²) < 4.78 is 0. The molecule has 0 aromatic carbocycles. The van der Waals surface area contributed by atoms with Gasteiger partial charge < -0.3 is 5.11 Å². The first-order chi connectivity index (χ1) is 6.34. The summed E-state index contributed by atoms with van der Waals surface area (Å²) in [6.45, 7) is 0. The maximum Gasteiger partial charge on any atom is 0.0568 e. The SMILES string of the molecule is CSCCCCC(O)C1CCCC1. The van der Waals surface area contributed by atoms with Gasteiger partial charge in [-0.3, -0.25) is 0 Å². The summed E-state index contributed by atoms with van der Waals surface area (Å²) in [7, 11) is 0. The van der Waals surface area contributed by atoms with Crippen molar-refractivity contribution in [1.82, 2.24) is 0 Å². The Labute approximate surface area is 86.3 Å². The first kappa shape index (κ1) is 11.4. The third kappa shape index (κ3) is 4.37. The van der Waals surface area contributed by atoms with Crippen LogP contribution in [-0.4, -0.2) is 23.2 Å². The maximum atomic E-state index is 9.84. The van der Waals surface area contributed by atoms with Gasteiger partial charge in [-0.15, -0.1) is 0 Å². The number of hydrogen-bond donors (Lipinski definition) is 1. The van der Waals surface area contributed by atoms with Crippen molar-refractivity contribution in [2.24, 2.45) is 5.92 Å². The van der Waals surface area contributed by atoms with Gasteiger partial charge in [0.15, 0.2) is 0 Å². The van der Waals surface area contributed by atoms with Crippen LogP contribution in [0, 0.1) is 5.92 Å². The molecule has 1 unspecified atom stereocenters. The lowest BCUT2D eigenvalue weighted by atomic mass is 9.96. The van der Waals surface area contributed by atoms with Gasteiger partial charge in [0.25, 0.3) is 0 Å². The zero-order valence-electron chi connectivity index (χ0n) is 8.67. The molecule has 1 aliphatic rings. The van der Waals surface area contributed by atoms with Crippen molar-refractivity contribution < 1.29 is 5.11 Å². The summed E-state index contributed by atoms with van der Waals surface area (Å²) in [5, 5.41) is 9.84. The monoisotopic (exact) mass is 202 g/mol. The number of hydrogen-bond acceptors (Lipinski definition) is 2. The summed E-state index contributed by atoms with van der Waals surface area (Å²) in [6, 6.07) is 0. The molecule has 1 nitrogen and oxygen atoms in total. The third-order valence-electron chi connectivity index (χ3n) is 3.04. The first-order valence-corrected chi connectivity index (χ1v) is 6.91. The molecule has 78 valence electrons. The molecule has 0 aliphatic heterocycles. The number of unbranched alkanes of at least 4 members (excludes halogenated alkanes) is 1. The molecule has 0 radical (unpaired) electrons. The molecule has 0 aromatic rings. The molecule has 1 saturated carbocycles. The Morgan fingerprint density at radius 2 is 2.00 bits per heavy atom. The summed E-state index contributed by atoms with van der Waals surface area (Å²) in [5.74, 6) is 1.88. The Morgan fingerprint density at radius 1 is 1.31 bits per heavy atom. The highest BCUT2D eigenvalue weighted by atomic mass is 32.2. The van der Waals surface area contributed by atoms with Crippen LogP contribution in [0.1, 0.15) is 44.9 Å². The van der Waals surface area contributed by atoms with Crippen LogP contribution >= 0.6 is 11.8 Å². The highest BCUT2D eigenvalue weighted by Crippen LogP contribution is 2.29. The van der Waals surface area contributed by atoms with E-state index < -0.39 is 0 Å². The van der Waals surface area contributed by atoms with Gasteiger partial charge in [-0.25, -0.2) is 0 Å². The van der Waals surface area contributed by atoms with Gasteiger partial charge in [-0.2, -0.15) is 11.8 Å². The summed E-state index contributed by atoms with van der Waals surface area (Å²) in [6.07, 6.45) is 10.9. The molecule has 0 heterocycles. The Bertz CT molecular complexity index is 121. The molecule has 1 N–H and O–H groups in total. The number of aliphatic hydroxyl groups is 1. The minimum Gasteiger partial charge on any atom is -0.393 e. The van der Waals surface area contributed by atoms with E-state index in [1.807, 2.05) is 11.8 Å². The lowest BCUT2D eigenvalue weighted by molar-refractivity contribution is 0.0996. The van der Waals surface area contributed by atoms with Crippen LogP contribution < -0.4 is 0 Å². The smallest absolute Gasteiger partial charge is 0.0568 e. The third-order valence-corrected chi connectivity index (χ3v) is 3.74. The van der Waals surface area contributed by atoms with Crippen LogP contribution in [0.2, 0.25) is 0 Å². The molecule has 0 aromatic heterocycles. The van der Waals surface area contributed by atoms with Crippen LogP contribution in [0.25, 0.3) is 0 Å². The second-order valence-electron chi connectivity index (χ2n) is 4.10. The fraction of sp³-hybridized carbons (Fsp3) is 1.00. The van der Waals surface area contributed by atoms with Crippen molar-refractivity contribution in [1.29, 1.82) is 0 Å². The molecule has 0 saturated heterocycles. The molecule has 1 atom stereocenters. The number of rotatable bonds is 6. The van der Waals surface area contributed by atoms with E-state index in [-0.39, 0.29) is 6.10 Å². The maximum absolute atomic E-state index is 9.84. The van der Waals surface area contributed by atoms with E-state index in [0.29, 0.717) is 5.92 Å². The van der Waals surface area contributed by atoms with Crippen molar-refractivity contribution in [2.75, 3.05) is 12.0 Å². The second-order valence-corrected chi connectivity index (χ2v) is 5.09. The van der Waals surface area contributed by atoms with Crippen molar-refractivity contribution >= 4 is 11.8 Å². The Balaban J connectivity index is 1.99. The van der Waals surface area contributed by atoms with Crippen molar-refractivity contribution in [2.45, 2.75) is 51.0 Å². The number of aliphatic hydroxyl groups excluding tert-OH is 1. The molecular weight excluding hydrogens is 180 g/mol. The lowest BCUT2D eigenvalue weighted by Crippen LogP contribution is -2.17. The van der Waals surface area contributed by atoms with Gasteiger partial charge in [0.2, 0.25) is 0 Å². The van der Waals surface area contributed by atoms with Gasteiger partial charge >= 0.3 is 0 Å². The molecule has 13 heavy (non-hydrogen) atoms. The molecule has 1 aliphatic carbocycles. The highest BCUT2D eigenvalue weighted by molar-refractivity contribution is 7.98. The van der Waals surface area contributed by atoms with E-state index in [0.717, 1.165) is 6.42 Å². The minimum absolute atomic E-state index is 0.00403. The summed E-state index contributed by atoms with van der Waals surface area (Å²) in [5.41, 5.74) is 0. The highest BCUT2D eigenvalue weighted by Gasteiger charge is 2.22. The van der Waals surface area contributed by atoms with Gasteiger partial charge in [-0.1, -0.05) is 19.3 Å². The van der Waals surface area contributed by atoms with Gasteiger partial charge in [-0.05, 0) is 43.6 Å².